The number of nitrogens with one attached hydrogen (secondary N) is 1. The smallest absolute Gasteiger partial charge is 0.262 e. The molecule has 2 heterocycles. The number of hydrogen-bond acceptors (Lipinski definition) is 5. The molecular formula is C20H21N3O2S. The summed E-state index contributed by atoms with van der Waals surface area (Å²) < 4.78 is 5.44. The van der Waals surface area contributed by atoms with Crippen molar-refractivity contribution < 1.29 is 9.53 Å². The molecule has 0 radical (unpaired) electrons. The second-order valence-corrected chi connectivity index (χ2v) is 6.95. The summed E-state index contributed by atoms with van der Waals surface area (Å²) >= 11 is 1.68. The minimum atomic E-state index is -0.342. The lowest BCUT2D eigenvalue weighted by Gasteiger charge is -2.34. The highest BCUT2D eigenvalue weighted by atomic mass is 32.1. The minimum absolute atomic E-state index is 0.0968. The first-order chi connectivity index (χ1) is 12.8. The van der Waals surface area contributed by atoms with E-state index in [9.17, 15) is 10.1 Å². The molecule has 3 rings (SSSR count). The van der Waals surface area contributed by atoms with Crippen LogP contribution in [0.3, 0.4) is 0 Å². The molecule has 1 fully saturated rings. The zero-order valence-electron chi connectivity index (χ0n) is 14.4. The Morgan fingerprint density at radius 1 is 1.27 bits per heavy atom. The fourth-order valence-electron chi connectivity index (χ4n) is 2.93. The lowest BCUT2D eigenvalue weighted by Crippen LogP contribution is -2.43. The van der Waals surface area contributed by atoms with Crippen LogP contribution in [-0.4, -0.2) is 43.7 Å². The molecule has 1 saturated heterocycles. The molecule has 1 aromatic heterocycles. The Bertz CT molecular complexity index is 775. The predicted octanol–water partition coefficient (Wildman–Crippen LogP) is 2.84. The van der Waals surface area contributed by atoms with E-state index in [1.165, 1.54) is 4.88 Å². The van der Waals surface area contributed by atoms with Gasteiger partial charge in [0, 0.05) is 24.5 Å². The highest BCUT2D eigenvalue weighted by Crippen LogP contribution is 2.25. The Balaban J connectivity index is 1.68. The van der Waals surface area contributed by atoms with Crippen LogP contribution >= 0.6 is 11.3 Å². The van der Waals surface area contributed by atoms with Crippen LogP contribution in [0.2, 0.25) is 0 Å². The van der Waals surface area contributed by atoms with Gasteiger partial charge in [-0.25, -0.2) is 0 Å². The fourth-order valence-corrected chi connectivity index (χ4v) is 3.79. The van der Waals surface area contributed by atoms with Gasteiger partial charge in [-0.1, -0.05) is 36.4 Å². The van der Waals surface area contributed by atoms with Crippen molar-refractivity contribution in [2.45, 2.75) is 6.04 Å². The summed E-state index contributed by atoms with van der Waals surface area (Å²) in [5.74, 6) is -0.342. The largest absolute Gasteiger partial charge is 0.379 e. The van der Waals surface area contributed by atoms with Crippen LogP contribution in [0.15, 0.2) is 53.4 Å². The highest BCUT2D eigenvalue weighted by molar-refractivity contribution is 7.10. The predicted molar refractivity (Wildman–Crippen MR) is 102 cm³/mol. The Morgan fingerprint density at radius 2 is 2.04 bits per heavy atom. The summed E-state index contributed by atoms with van der Waals surface area (Å²) in [6, 6.07) is 15.6. The van der Waals surface area contributed by atoms with Crippen molar-refractivity contribution in [3.05, 3.63) is 63.9 Å². The topological polar surface area (TPSA) is 65.4 Å². The third kappa shape index (κ3) is 4.79. The lowest BCUT2D eigenvalue weighted by molar-refractivity contribution is -0.117. The van der Waals surface area contributed by atoms with Crippen molar-refractivity contribution in [3.8, 4) is 6.07 Å². The zero-order valence-corrected chi connectivity index (χ0v) is 15.2. The normalized spacial score (nSPS) is 16.7. The van der Waals surface area contributed by atoms with Crippen LogP contribution in [-0.2, 0) is 9.53 Å². The second-order valence-electron chi connectivity index (χ2n) is 5.97. The third-order valence-electron chi connectivity index (χ3n) is 4.29. The van der Waals surface area contributed by atoms with Crippen LogP contribution in [0.1, 0.15) is 16.5 Å². The van der Waals surface area contributed by atoms with Gasteiger partial charge >= 0.3 is 0 Å². The number of hydrogen-bond donors (Lipinski definition) is 1. The maximum absolute atomic E-state index is 12.5. The molecule has 1 unspecified atom stereocenters. The number of carbonyl (C=O) groups is 1. The van der Waals surface area contributed by atoms with Gasteiger partial charge in [-0.15, -0.1) is 11.3 Å². The molecule has 1 aliphatic heterocycles. The number of ether oxygens (including phenoxy) is 1. The summed E-state index contributed by atoms with van der Waals surface area (Å²) in [6.45, 7) is 3.54. The lowest BCUT2D eigenvalue weighted by atomic mass is 10.1. The van der Waals surface area contributed by atoms with Crippen molar-refractivity contribution in [3.63, 3.8) is 0 Å². The summed E-state index contributed by atoms with van der Waals surface area (Å²) in [5.41, 5.74) is 0.949. The van der Waals surface area contributed by atoms with E-state index in [0.29, 0.717) is 19.8 Å². The molecule has 0 saturated carbocycles. The molecule has 1 N–H and O–H groups in total. The number of morpholine rings is 1. The number of thiophene rings is 1. The van der Waals surface area contributed by atoms with Gasteiger partial charge in [0.2, 0.25) is 0 Å². The minimum Gasteiger partial charge on any atom is -0.379 e. The van der Waals surface area contributed by atoms with E-state index in [-0.39, 0.29) is 17.5 Å². The van der Waals surface area contributed by atoms with Crippen LogP contribution in [0.5, 0.6) is 0 Å². The maximum Gasteiger partial charge on any atom is 0.262 e. The van der Waals surface area contributed by atoms with Crippen molar-refractivity contribution in [2.24, 2.45) is 0 Å². The SMILES string of the molecule is N#C/C(=C\c1ccccc1)C(=O)NCC(c1cccs1)N1CCOCC1. The fraction of sp³-hybridized carbons (Fsp3) is 0.300. The van der Waals surface area contributed by atoms with Crippen molar-refractivity contribution in [1.29, 1.82) is 5.26 Å². The van der Waals surface area contributed by atoms with E-state index in [0.717, 1.165) is 18.7 Å². The molecule has 2 aromatic rings. The average Bonchev–Trinajstić information content (AvgIpc) is 3.22. The van der Waals surface area contributed by atoms with Crippen LogP contribution < -0.4 is 5.32 Å². The van der Waals surface area contributed by atoms with Gasteiger partial charge in [0.1, 0.15) is 11.6 Å². The molecule has 6 heteroatoms. The Hall–Kier alpha value is -2.46. The van der Waals surface area contributed by atoms with Crippen molar-refractivity contribution in [2.75, 3.05) is 32.8 Å². The quantitative estimate of drug-likeness (QED) is 0.630. The molecule has 1 aromatic carbocycles. The number of benzene rings is 1. The molecule has 134 valence electrons. The van der Waals surface area contributed by atoms with Crippen LogP contribution in [0.25, 0.3) is 6.08 Å². The molecule has 26 heavy (non-hydrogen) atoms. The molecule has 1 atom stereocenters. The van der Waals surface area contributed by atoms with E-state index in [1.54, 1.807) is 17.4 Å². The number of nitriles is 1. The summed E-state index contributed by atoms with van der Waals surface area (Å²) in [6.07, 6.45) is 1.62. The van der Waals surface area contributed by atoms with E-state index in [4.69, 9.17) is 4.74 Å². The molecule has 0 bridgehead atoms. The number of nitrogens with zero attached hydrogens (tertiary/aromatic N) is 2. The van der Waals surface area contributed by atoms with E-state index >= 15 is 0 Å². The average molecular weight is 367 g/mol. The monoisotopic (exact) mass is 367 g/mol. The van der Waals surface area contributed by atoms with Gasteiger partial charge in [0.25, 0.3) is 5.91 Å². The summed E-state index contributed by atoms with van der Waals surface area (Å²) in [4.78, 5) is 16.0. The first-order valence-electron chi connectivity index (χ1n) is 8.58. The van der Waals surface area contributed by atoms with E-state index < -0.39 is 0 Å². The first-order valence-corrected chi connectivity index (χ1v) is 9.46. The van der Waals surface area contributed by atoms with Gasteiger partial charge < -0.3 is 10.1 Å². The summed E-state index contributed by atoms with van der Waals surface area (Å²) in [7, 11) is 0. The van der Waals surface area contributed by atoms with Crippen LogP contribution in [0.4, 0.5) is 0 Å². The van der Waals surface area contributed by atoms with E-state index in [2.05, 4.69) is 16.3 Å². The molecule has 1 aliphatic rings. The number of rotatable bonds is 6. The molecular weight excluding hydrogens is 346 g/mol. The molecule has 5 nitrogen and oxygen atoms in total. The molecule has 0 spiro atoms. The van der Waals surface area contributed by atoms with Crippen molar-refractivity contribution in [1.82, 2.24) is 10.2 Å². The first kappa shape index (κ1) is 18.3. The van der Waals surface area contributed by atoms with Gasteiger partial charge in [-0.2, -0.15) is 5.26 Å². The standard InChI is InChI=1S/C20H21N3O2S/c21-14-17(13-16-5-2-1-3-6-16)20(24)22-15-18(19-7-4-12-26-19)23-8-10-25-11-9-23/h1-7,12-13,18H,8-11,15H2,(H,22,24)/b17-13+. The Morgan fingerprint density at radius 3 is 2.69 bits per heavy atom. The zero-order chi connectivity index (χ0) is 18.2. The van der Waals surface area contributed by atoms with Gasteiger partial charge in [-0.05, 0) is 23.1 Å². The second kappa shape index (κ2) is 9.30. The van der Waals surface area contributed by atoms with Gasteiger partial charge in [0.05, 0.1) is 19.3 Å². The molecule has 0 aliphatic carbocycles. The Kier molecular flexibility index (Phi) is 6.56. The maximum atomic E-state index is 12.5. The van der Waals surface area contributed by atoms with Crippen LogP contribution in [0, 0.1) is 11.3 Å². The number of carbonyl (C=O) groups excluding carboxylic acids is 1. The third-order valence-corrected chi connectivity index (χ3v) is 5.26. The van der Waals surface area contributed by atoms with E-state index in [1.807, 2.05) is 47.8 Å². The Labute approximate surface area is 157 Å². The number of amides is 1. The highest BCUT2D eigenvalue weighted by Gasteiger charge is 2.24. The van der Waals surface area contributed by atoms with Crippen molar-refractivity contribution >= 4 is 23.3 Å². The summed E-state index contributed by atoms with van der Waals surface area (Å²) in [5, 5.41) is 14.3. The molecule has 1 amide bonds. The van der Waals surface area contributed by atoms with Gasteiger partial charge in [-0.3, -0.25) is 9.69 Å². The van der Waals surface area contributed by atoms with Gasteiger partial charge in [0.15, 0.2) is 0 Å².